The zero-order valence-corrected chi connectivity index (χ0v) is 14.0. The standard InChI is InChI=1S/C16H20ClN3OS/c1-2-18-16(19-9-12-7-8-22-11-12)20-10-15(21)13-3-5-14(17)6-4-13/h3-8,11,15,21H,2,9-10H2,1H3,(H2,18,19,20). The van der Waals surface area contributed by atoms with Crippen molar-refractivity contribution in [1.82, 2.24) is 10.6 Å². The summed E-state index contributed by atoms with van der Waals surface area (Å²) < 4.78 is 0. The predicted octanol–water partition coefficient (Wildman–Crippen LogP) is 3.19. The number of nitrogens with one attached hydrogen (secondary N) is 2. The van der Waals surface area contributed by atoms with E-state index in [1.165, 1.54) is 5.56 Å². The van der Waals surface area contributed by atoms with E-state index < -0.39 is 6.10 Å². The van der Waals surface area contributed by atoms with E-state index in [0.717, 1.165) is 12.1 Å². The van der Waals surface area contributed by atoms with E-state index in [4.69, 9.17) is 11.6 Å². The molecule has 1 aromatic carbocycles. The molecule has 4 nitrogen and oxygen atoms in total. The summed E-state index contributed by atoms with van der Waals surface area (Å²) in [6.07, 6.45) is -0.609. The molecule has 0 aliphatic rings. The van der Waals surface area contributed by atoms with E-state index in [1.807, 2.05) is 24.4 Å². The maximum atomic E-state index is 10.2. The number of rotatable bonds is 6. The Kier molecular flexibility index (Phi) is 6.71. The second-order valence-electron chi connectivity index (χ2n) is 4.78. The second kappa shape index (κ2) is 8.78. The van der Waals surface area contributed by atoms with Gasteiger partial charge in [0.25, 0.3) is 0 Å². The molecule has 0 saturated carbocycles. The number of hydrogen-bond donors (Lipinski definition) is 3. The molecule has 0 bridgehead atoms. The molecule has 0 saturated heterocycles. The minimum absolute atomic E-state index is 0.386. The molecule has 22 heavy (non-hydrogen) atoms. The van der Waals surface area contributed by atoms with Gasteiger partial charge in [-0.3, -0.25) is 0 Å². The molecule has 1 aromatic heterocycles. The van der Waals surface area contributed by atoms with Gasteiger partial charge < -0.3 is 15.7 Å². The lowest BCUT2D eigenvalue weighted by Gasteiger charge is -2.15. The molecule has 0 amide bonds. The quantitative estimate of drug-likeness (QED) is 0.560. The molecular formula is C16H20ClN3OS. The van der Waals surface area contributed by atoms with Crippen molar-refractivity contribution in [3.8, 4) is 0 Å². The van der Waals surface area contributed by atoms with E-state index in [1.54, 1.807) is 23.5 Å². The van der Waals surface area contributed by atoms with Gasteiger partial charge in [0.15, 0.2) is 5.96 Å². The van der Waals surface area contributed by atoms with Crippen LogP contribution < -0.4 is 10.6 Å². The van der Waals surface area contributed by atoms with Crippen LogP contribution in [0.2, 0.25) is 5.02 Å². The van der Waals surface area contributed by atoms with E-state index in [-0.39, 0.29) is 0 Å². The van der Waals surface area contributed by atoms with Crippen LogP contribution >= 0.6 is 22.9 Å². The van der Waals surface area contributed by atoms with Gasteiger partial charge in [-0.25, -0.2) is 4.99 Å². The van der Waals surface area contributed by atoms with Gasteiger partial charge in [0.1, 0.15) is 0 Å². The fraction of sp³-hybridized carbons (Fsp3) is 0.312. The third kappa shape index (κ3) is 5.33. The number of aliphatic imine (C=N–C) groups is 1. The Bertz CT molecular complexity index is 584. The maximum absolute atomic E-state index is 10.2. The first-order valence-corrected chi connectivity index (χ1v) is 8.48. The van der Waals surface area contributed by atoms with Crippen molar-refractivity contribution in [2.24, 2.45) is 4.99 Å². The summed E-state index contributed by atoms with van der Waals surface area (Å²) in [5, 5.41) is 21.3. The maximum Gasteiger partial charge on any atom is 0.191 e. The molecule has 3 N–H and O–H groups in total. The number of hydrogen-bond acceptors (Lipinski definition) is 3. The van der Waals surface area contributed by atoms with Crippen LogP contribution in [0.15, 0.2) is 46.1 Å². The number of benzene rings is 1. The molecule has 1 atom stereocenters. The Morgan fingerprint density at radius 3 is 2.68 bits per heavy atom. The van der Waals surface area contributed by atoms with Gasteiger partial charge in [0.05, 0.1) is 12.6 Å². The molecule has 0 radical (unpaired) electrons. The summed E-state index contributed by atoms with van der Waals surface area (Å²) in [5.74, 6) is 0.696. The minimum Gasteiger partial charge on any atom is -0.387 e. The smallest absolute Gasteiger partial charge is 0.191 e. The van der Waals surface area contributed by atoms with Crippen LogP contribution in [0.25, 0.3) is 0 Å². The van der Waals surface area contributed by atoms with Gasteiger partial charge in [-0.15, -0.1) is 0 Å². The topological polar surface area (TPSA) is 56.7 Å². The Morgan fingerprint density at radius 1 is 1.27 bits per heavy atom. The highest BCUT2D eigenvalue weighted by Crippen LogP contribution is 2.15. The van der Waals surface area contributed by atoms with Gasteiger partial charge in [-0.2, -0.15) is 11.3 Å². The Balaban J connectivity index is 1.90. The number of aliphatic hydroxyl groups is 1. The molecule has 6 heteroatoms. The zero-order valence-electron chi connectivity index (χ0n) is 12.4. The monoisotopic (exact) mass is 337 g/mol. The van der Waals surface area contributed by atoms with Gasteiger partial charge in [-0.1, -0.05) is 23.7 Å². The fourth-order valence-electron chi connectivity index (χ4n) is 1.89. The van der Waals surface area contributed by atoms with Gasteiger partial charge >= 0.3 is 0 Å². The highest BCUT2D eigenvalue weighted by molar-refractivity contribution is 7.07. The molecule has 0 fully saturated rings. The zero-order chi connectivity index (χ0) is 15.8. The van der Waals surface area contributed by atoms with Crippen molar-refractivity contribution in [1.29, 1.82) is 0 Å². The largest absolute Gasteiger partial charge is 0.387 e. The van der Waals surface area contributed by atoms with Gasteiger partial charge in [0, 0.05) is 18.1 Å². The van der Waals surface area contributed by atoms with Crippen molar-refractivity contribution in [3.05, 3.63) is 57.2 Å². The van der Waals surface area contributed by atoms with Crippen LogP contribution in [0.5, 0.6) is 0 Å². The molecule has 118 valence electrons. The Hall–Kier alpha value is -1.56. The molecule has 2 rings (SSSR count). The molecule has 1 unspecified atom stereocenters. The van der Waals surface area contributed by atoms with E-state index >= 15 is 0 Å². The number of halogens is 1. The van der Waals surface area contributed by atoms with Crippen LogP contribution in [-0.2, 0) is 6.54 Å². The average molecular weight is 338 g/mol. The van der Waals surface area contributed by atoms with Crippen molar-refractivity contribution >= 4 is 28.9 Å². The van der Waals surface area contributed by atoms with Crippen LogP contribution in [0.4, 0.5) is 0 Å². The molecule has 1 heterocycles. The number of guanidine groups is 1. The van der Waals surface area contributed by atoms with E-state index in [2.05, 4.69) is 27.1 Å². The third-order valence-electron chi connectivity index (χ3n) is 3.06. The SMILES string of the molecule is CCNC(=NCc1ccsc1)NCC(O)c1ccc(Cl)cc1. The second-order valence-corrected chi connectivity index (χ2v) is 5.99. The minimum atomic E-state index is -0.609. The Morgan fingerprint density at radius 2 is 2.05 bits per heavy atom. The molecule has 0 spiro atoms. The first-order chi connectivity index (χ1) is 10.7. The normalized spacial score (nSPS) is 13.0. The lowest BCUT2D eigenvalue weighted by Crippen LogP contribution is -2.39. The van der Waals surface area contributed by atoms with Crippen LogP contribution in [0, 0.1) is 0 Å². The summed E-state index contributed by atoms with van der Waals surface area (Å²) in [7, 11) is 0. The van der Waals surface area contributed by atoms with Crippen LogP contribution in [0.1, 0.15) is 24.2 Å². The predicted molar refractivity (Wildman–Crippen MR) is 93.5 cm³/mol. The highest BCUT2D eigenvalue weighted by atomic mass is 35.5. The highest BCUT2D eigenvalue weighted by Gasteiger charge is 2.08. The summed E-state index contributed by atoms with van der Waals surface area (Å²) in [6.45, 7) is 3.79. The first-order valence-electron chi connectivity index (χ1n) is 7.16. The lowest BCUT2D eigenvalue weighted by molar-refractivity contribution is 0.181. The third-order valence-corrected chi connectivity index (χ3v) is 4.05. The number of thiophene rings is 1. The first kappa shape index (κ1) is 16.8. The van der Waals surface area contributed by atoms with Crippen molar-refractivity contribution in [2.75, 3.05) is 13.1 Å². The summed E-state index contributed by atoms with van der Waals surface area (Å²) >= 11 is 7.51. The van der Waals surface area contributed by atoms with Crippen molar-refractivity contribution in [2.45, 2.75) is 19.6 Å². The average Bonchev–Trinajstić information content (AvgIpc) is 3.04. The van der Waals surface area contributed by atoms with Crippen molar-refractivity contribution < 1.29 is 5.11 Å². The molecular weight excluding hydrogens is 318 g/mol. The molecule has 0 aliphatic heterocycles. The number of nitrogens with zero attached hydrogens (tertiary/aromatic N) is 1. The van der Waals surface area contributed by atoms with Gasteiger partial charge in [-0.05, 0) is 47.0 Å². The summed E-state index contributed by atoms with van der Waals surface area (Å²) in [4.78, 5) is 4.50. The van der Waals surface area contributed by atoms with Crippen LogP contribution in [-0.4, -0.2) is 24.2 Å². The van der Waals surface area contributed by atoms with Gasteiger partial charge in [0.2, 0.25) is 0 Å². The lowest BCUT2D eigenvalue weighted by atomic mass is 10.1. The Labute approximate surface area is 139 Å². The van der Waals surface area contributed by atoms with E-state index in [0.29, 0.717) is 24.1 Å². The summed E-state index contributed by atoms with van der Waals surface area (Å²) in [6, 6.07) is 9.25. The van der Waals surface area contributed by atoms with Crippen molar-refractivity contribution in [3.63, 3.8) is 0 Å². The van der Waals surface area contributed by atoms with E-state index in [9.17, 15) is 5.11 Å². The molecule has 0 aliphatic carbocycles. The summed E-state index contributed by atoms with van der Waals surface area (Å²) in [5.41, 5.74) is 2.01. The molecule has 2 aromatic rings. The number of aliphatic hydroxyl groups excluding tert-OH is 1. The fourth-order valence-corrected chi connectivity index (χ4v) is 2.68. The van der Waals surface area contributed by atoms with Crippen LogP contribution in [0.3, 0.4) is 0 Å².